The molecule has 0 spiro atoms. The third kappa shape index (κ3) is 19.0. The molecule has 0 saturated carbocycles. The zero-order valence-electron chi connectivity index (χ0n) is 11.5. The molecule has 100 valence electrons. The molecule has 0 nitrogen and oxygen atoms in total. The summed E-state index contributed by atoms with van der Waals surface area (Å²) < 4.78 is 0. The smallest absolute Gasteiger partial charge is 0.245 e. The number of allylic oxidation sites excluding steroid dienone is 8. The van der Waals surface area contributed by atoms with Gasteiger partial charge in [-0.05, 0) is 13.1 Å². The molecule has 0 aromatic heterocycles. The summed E-state index contributed by atoms with van der Waals surface area (Å²) in [7, 11) is 0. The first kappa shape index (κ1) is 20.9. The standard InChI is InChI=1S/2C6H7.C2H6Cl2Si.Hf/c2*1-6-4-2-3-5-6;1-5(2,3)4;/h2*2,4H,3H2,1H3;1-2H3;/q2*-1;;. The quantitative estimate of drug-likeness (QED) is 0.250. The summed E-state index contributed by atoms with van der Waals surface area (Å²) in [6, 6.07) is 0. The van der Waals surface area contributed by atoms with E-state index in [0.29, 0.717) is 0 Å². The van der Waals surface area contributed by atoms with Crippen LogP contribution in [0.5, 0.6) is 0 Å². The molecule has 0 bridgehead atoms. The number of hydrogen-bond acceptors (Lipinski definition) is 0. The van der Waals surface area contributed by atoms with Crippen molar-refractivity contribution in [1.82, 2.24) is 0 Å². The second kappa shape index (κ2) is 11.5. The summed E-state index contributed by atoms with van der Waals surface area (Å²) in [6.07, 6.45) is 16.7. The molecule has 0 heterocycles. The zero-order chi connectivity index (χ0) is 13.3. The maximum absolute atomic E-state index is 5.43. The number of halogens is 2. The Balaban J connectivity index is 0. The van der Waals surface area contributed by atoms with Gasteiger partial charge in [-0.1, -0.05) is 13.8 Å². The van der Waals surface area contributed by atoms with E-state index in [1.807, 2.05) is 13.1 Å². The van der Waals surface area contributed by atoms with Crippen LogP contribution in [0.1, 0.15) is 26.7 Å². The van der Waals surface area contributed by atoms with Gasteiger partial charge in [0.15, 0.2) is 0 Å². The summed E-state index contributed by atoms with van der Waals surface area (Å²) in [5.74, 6) is 0. The third-order valence-electron chi connectivity index (χ3n) is 1.73. The van der Waals surface area contributed by atoms with Crippen molar-refractivity contribution in [3.8, 4) is 0 Å². The Kier molecular flexibility index (Phi) is 13.3. The topological polar surface area (TPSA) is 0 Å². The van der Waals surface area contributed by atoms with Crippen molar-refractivity contribution in [3.63, 3.8) is 0 Å². The second-order valence-electron chi connectivity index (χ2n) is 4.26. The fourth-order valence-corrected chi connectivity index (χ4v) is 1.03. The van der Waals surface area contributed by atoms with Gasteiger partial charge in [-0.15, -0.1) is 35.0 Å². The Hall–Kier alpha value is 0.627. The molecule has 0 unspecified atom stereocenters. The molecule has 18 heavy (non-hydrogen) atoms. The minimum Gasteiger partial charge on any atom is -0.270 e. The first-order chi connectivity index (χ1) is 7.79. The molecule has 0 aromatic carbocycles. The molecule has 0 fully saturated rings. The second-order valence-corrected chi connectivity index (χ2v) is 13.2. The minimum absolute atomic E-state index is 0. The molecule has 4 heteroatoms. The van der Waals surface area contributed by atoms with Crippen LogP contribution in [0.25, 0.3) is 0 Å². The van der Waals surface area contributed by atoms with Crippen molar-refractivity contribution in [2.24, 2.45) is 0 Å². The Morgan fingerprint density at radius 3 is 1.28 bits per heavy atom. The van der Waals surface area contributed by atoms with Crippen molar-refractivity contribution in [2.45, 2.75) is 39.8 Å². The van der Waals surface area contributed by atoms with Crippen LogP contribution in [0.2, 0.25) is 13.1 Å². The predicted octanol–water partition coefficient (Wildman–Crippen LogP) is 5.55. The number of hydrogen-bond donors (Lipinski definition) is 0. The average molecular weight is 466 g/mol. The normalized spacial score (nSPS) is 15.7. The van der Waals surface area contributed by atoms with E-state index in [9.17, 15) is 0 Å². The van der Waals surface area contributed by atoms with Crippen molar-refractivity contribution in [2.75, 3.05) is 0 Å². The van der Waals surface area contributed by atoms with E-state index in [2.05, 4.69) is 50.3 Å². The van der Waals surface area contributed by atoms with Crippen molar-refractivity contribution in [1.29, 1.82) is 0 Å². The van der Waals surface area contributed by atoms with Gasteiger partial charge in [-0.2, -0.15) is 12.2 Å². The molecular weight excluding hydrogens is 446 g/mol. The molecule has 0 aromatic rings. The van der Waals surface area contributed by atoms with Crippen LogP contribution in [0, 0.1) is 12.2 Å². The van der Waals surface area contributed by atoms with Gasteiger partial charge in [-0.25, -0.2) is 23.3 Å². The zero-order valence-corrected chi connectivity index (χ0v) is 17.6. The largest absolute Gasteiger partial charge is 0.270 e. The van der Waals surface area contributed by atoms with E-state index >= 15 is 0 Å². The molecule has 2 rings (SSSR count). The van der Waals surface area contributed by atoms with Gasteiger partial charge in [0.2, 0.25) is 6.69 Å². The Morgan fingerprint density at radius 2 is 1.22 bits per heavy atom. The fraction of sp³-hybridized carbons (Fsp3) is 0.429. The predicted molar refractivity (Wildman–Crippen MR) is 81.6 cm³/mol. The van der Waals surface area contributed by atoms with Gasteiger partial charge in [0.25, 0.3) is 0 Å². The molecule has 0 saturated heterocycles. The van der Waals surface area contributed by atoms with Gasteiger partial charge >= 0.3 is 0 Å². The van der Waals surface area contributed by atoms with Crippen LogP contribution in [0.4, 0.5) is 0 Å². The maximum Gasteiger partial charge on any atom is 0.245 e. The van der Waals surface area contributed by atoms with Gasteiger partial charge in [0, 0.05) is 25.8 Å². The van der Waals surface area contributed by atoms with E-state index in [-0.39, 0.29) is 25.8 Å². The van der Waals surface area contributed by atoms with E-state index in [0.717, 1.165) is 12.8 Å². The molecule has 0 aliphatic heterocycles. The van der Waals surface area contributed by atoms with Crippen LogP contribution < -0.4 is 0 Å². The monoisotopic (exact) mass is 466 g/mol. The van der Waals surface area contributed by atoms with Gasteiger partial charge in [0.1, 0.15) is 0 Å². The first-order valence-corrected chi connectivity index (χ1v) is 10.7. The summed E-state index contributed by atoms with van der Waals surface area (Å²) in [6.45, 7) is 6.17. The SMILES string of the molecule is CC1=[C-]CC=C1.CC1=[C-]CC=C1.C[Si](C)(Cl)Cl.[Hf]. The Labute approximate surface area is 141 Å². The molecular formula is C14H20Cl2HfSi-2. The van der Waals surface area contributed by atoms with Gasteiger partial charge in [-0.3, -0.25) is 12.2 Å². The van der Waals surface area contributed by atoms with Crippen molar-refractivity contribution >= 4 is 28.9 Å². The molecule has 0 atom stereocenters. The van der Waals surface area contributed by atoms with Crippen LogP contribution in [-0.2, 0) is 25.8 Å². The average Bonchev–Trinajstić information content (AvgIpc) is 2.76. The van der Waals surface area contributed by atoms with Crippen LogP contribution in [0.3, 0.4) is 0 Å². The van der Waals surface area contributed by atoms with E-state index in [1.165, 1.54) is 11.1 Å². The van der Waals surface area contributed by atoms with E-state index < -0.39 is 6.69 Å². The van der Waals surface area contributed by atoms with Crippen molar-refractivity contribution in [3.05, 3.63) is 47.6 Å². The van der Waals surface area contributed by atoms with Gasteiger partial charge in [0.05, 0.1) is 0 Å². The number of rotatable bonds is 0. The summed E-state index contributed by atoms with van der Waals surface area (Å²) in [5.41, 5.74) is 2.55. The summed E-state index contributed by atoms with van der Waals surface area (Å²) in [5, 5.41) is 0. The van der Waals surface area contributed by atoms with Crippen molar-refractivity contribution < 1.29 is 25.8 Å². The van der Waals surface area contributed by atoms with Crippen LogP contribution in [-0.4, -0.2) is 6.69 Å². The van der Waals surface area contributed by atoms with Crippen LogP contribution in [0.15, 0.2) is 35.5 Å². The Bertz CT molecular complexity index is 297. The third-order valence-corrected chi connectivity index (χ3v) is 1.73. The maximum atomic E-state index is 5.43. The molecule has 0 radical (unpaired) electrons. The van der Waals surface area contributed by atoms with Crippen LogP contribution >= 0.6 is 22.2 Å². The van der Waals surface area contributed by atoms with E-state index in [1.54, 1.807) is 0 Å². The van der Waals surface area contributed by atoms with Gasteiger partial charge < -0.3 is 0 Å². The molecule has 2 aliphatic carbocycles. The molecule has 0 amide bonds. The summed E-state index contributed by atoms with van der Waals surface area (Å²) in [4.78, 5) is 0. The first-order valence-electron chi connectivity index (χ1n) is 5.65. The molecule has 2 aliphatic rings. The fourth-order valence-electron chi connectivity index (χ4n) is 1.03. The molecule has 0 N–H and O–H groups in total. The van der Waals surface area contributed by atoms with E-state index in [4.69, 9.17) is 22.2 Å². The minimum atomic E-state index is -1.67. The summed E-state index contributed by atoms with van der Waals surface area (Å²) >= 11 is 10.9. The Morgan fingerprint density at radius 1 is 0.944 bits per heavy atom.